The number of imidazole rings is 1. The van der Waals surface area contributed by atoms with E-state index in [1.54, 1.807) is 0 Å². The molecule has 0 radical (unpaired) electrons. The van der Waals surface area contributed by atoms with Crippen molar-refractivity contribution in [1.82, 2.24) is 34.7 Å². The Hall–Kier alpha value is -3.55. The van der Waals surface area contributed by atoms with Gasteiger partial charge in [0.25, 0.3) is 0 Å². The summed E-state index contributed by atoms with van der Waals surface area (Å²) in [6.07, 6.45) is 15.7. The Morgan fingerprint density at radius 3 is 2.53 bits per heavy atom. The highest BCUT2D eigenvalue weighted by Gasteiger charge is 2.26. The molecule has 3 aromatic heterocycles. The highest BCUT2D eigenvalue weighted by molar-refractivity contribution is 5.78. The number of hydrogen-bond donors (Lipinski definition) is 1. The van der Waals surface area contributed by atoms with Crippen LogP contribution in [-0.4, -0.2) is 34.7 Å². The van der Waals surface area contributed by atoms with Gasteiger partial charge in [-0.15, -0.1) is 10.2 Å². The van der Waals surface area contributed by atoms with Crippen molar-refractivity contribution in [3.05, 3.63) is 70.5 Å². The van der Waals surface area contributed by atoms with E-state index in [1.165, 1.54) is 32.1 Å². The van der Waals surface area contributed by atoms with Crippen molar-refractivity contribution < 1.29 is 0 Å². The van der Waals surface area contributed by atoms with Gasteiger partial charge in [-0.2, -0.15) is 5.21 Å². The van der Waals surface area contributed by atoms with Gasteiger partial charge in [-0.25, -0.2) is 4.79 Å². The first-order valence-electron chi connectivity index (χ1n) is 14.3. The molecule has 0 amide bonds. The van der Waals surface area contributed by atoms with E-state index < -0.39 is 0 Å². The van der Waals surface area contributed by atoms with E-state index >= 15 is 0 Å². The van der Waals surface area contributed by atoms with E-state index in [2.05, 4.69) is 51.3 Å². The number of aryl methyl sites for hydroxylation is 1. The Balaban J connectivity index is 1.44. The van der Waals surface area contributed by atoms with Gasteiger partial charge >= 0.3 is 5.69 Å². The summed E-state index contributed by atoms with van der Waals surface area (Å²) in [4.78, 5) is 18.6. The van der Waals surface area contributed by atoms with Gasteiger partial charge in [-0.3, -0.25) is 14.1 Å². The molecule has 1 N–H and O–H groups in total. The Morgan fingerprint density at radius 1 is 1.00 bits per heavy atom. The minimum absolute atomic E-state index is 0.131. The number of hydrogen-bond acceptors (Lipinski definition) is 5. The van der Waals surface area contributed by atoms with Gasteiger partial charge in [-0.1, -0.05) is 82.7 Å². The number of unbranched alkanes of at least 4 members (excludes halogenated alkanes) is 1. The Kier molecular flexibility index (Phi) is 8.46. The third-order valence-corrected chi connectivity index (χ3v) is 8.08. The second kappa shape index (κ2) is 12.3. The number of nitrogens with zero attached hydrogens (tertiary/aromatic N) is 6. The van der Waals surface area contributed by atoms with Crippen LogP contribution in [0.5, 0.6) is 0 Å². The van der Waals surface area contributed by atoms with Gasteiger partial charge in [0.15, 0.2) is 0 Å². The molecule has 1 aromatic carbocycles. The zero-order valence-corrected chi connectivity index (χ0v) is 22.6. The molecule has 0 saturated heterocycles. The van der Waals surface area contributed by atoms with E-state index in [1.807, 2.05) is 41.1 Å². The van der Waals surface area contributed by atoms with E-state index in [0.717, 1.165) is 60.2 Å². The van der Waals surface area contributed by atoms with Gasteiger partial charge < -0.3 is 0 Å². The first kappa shape index (κ1) is 26.1. The lowest BCUT2D eigenvalue weighted by Crippen LogP contribution is -2.32. The van der Waals surface area contributed by atoms with Crippen molar-refractivity contribution in [2.75, 3.05) is 0 Å². The molecule has 8 heteroatoms. The van der Waals surface area contributed by atoms with Crippen LogP contribution in [-0.2, 0) is 13.0 Å². The van der Waals surface area contributed by atoms with Gasteiger partial charge in [-0.05, 0) is 48.4 Å². The number of benzene rings is 1. The van der Waals surface area contributed by atoms with Crippen LogP contribution in [0.15, 0.2) is 53.6 Å². The van der Waals surface area contributed by atoms with Crippen LogP contribution in [0.25, 0.3) is 22.6 Å². The monoisotopic (exact) mass is 513 g/mol. The molecule has 4 aromatic rings. The molecule has 0 spiro atoms. The number of pyridine rings is 1. The molecule has 8 nitrogen and oxygen atoms in total. The summed E-state index contributed by atoms with van der Waals surface area (Å²) in [5.74, 6) is 1.11. The minimum Gasteiger partial charge on any atom is -0.296 e. The van der Waals surface area contributed by atoms with Crippen LogP contribution in [0, 0.1) is 5.92 Å². The van der Waals surface area contributed by atoms with E-state index in [-0.39, 0.29) is 5.69 Å². The zero-order valence-electron chi connectivity index (χ0n) is 22.6. The summed E-state index contributed by atoms with van der Waals surface area (Å²) < 4.78 is 4.08. The van der Waals surface area contributed by atoms with E-state index in [9.17, 15) is 4.79 Å². The second-order valence-corrected chi connectivity index (χ2v) is 10.6. The lowest BCUT2D eigenvalue weighted by molar-refractivity contribution is 0.249. The predicted octanol–water partition coefficient (Wildman–Crippen LogP) is 6.20. The zero-order chi connectivity index (χ0) is 26.3. The molecule has 5 rings (SSSR count). The molecular weight excluding hydrogens is 474 g/mol. The van der Waals surface area contributed by atoms with Crippen LogP contribution in [0.2, 0.25) is 0 Å². The topological polar surface area (TPSA) is 94.3 Å². The number of rotatable bonds is 9. The molecule has 2 unspecified atom stereocenters. The molecule has 38 heavy (non-hydrogen) atoms. The summed E-state index contributed by atoms with van der Waals surface area (Å²) >= 11 is 0. The highest BCUT2D eigenvalue weighted by atomic mass is 16.1. The van der Waals surface area contributed by atoms with Crippen LogP contribution < -0.4 is 5.69 Å². The van der Waals surface area contributed by atoms with Crippen LogP contribution in [0.1, 0.15) is 88.9 Å². The lowest BCUT2D eigenvalue weighted by atomic mass is 9.85. The first-order valence-corrected chi connectivity index (χ1v) is 14.3. The molecule has 0 bridgehead atoms. The van der Waals surface area contributed by atoms with Crippen LogP contribution in [0.4, 0.5) is 0 Å². The molecule has 1 fully saturated rings. The summed E-state index contributed by atoms with van der Waals surface area (Å²) in [6.45, 7) is 5.02. The summed E-state index contributed by atoms with van der Waals surface area (Å²) in [5.41, 5.74) is 4.95. The maximum atomic E-state index is 13.9. The minimum atomic E-state index is 0.131. The fourth-order valence-electron chi connectivity index (χ4n) is 5.93. The van der Waals surface area contributed by atoms with E-state index in [0.29, 0.717) is 24.3 Å². The molecule has 2 atom stereocenters. The van der Waals surface area contributed by atoms with Crippen molar-refractivity contribution in [2.24, 2.45) is 5.92 Å². The van der Waals surface area contributed by atoms with Crippen molar-refractivity contribution in [1.29, 1.82) is 0 Å². The average molecular weight is 514 g/mol. The largest absolute Gasteiger partial charge is 0.328 e. The standard InChI is InChI=1S/C30H39N7O/c1-3-5-13-24-21-37(28-16-9-7-6-8-12-23(28)4-2)30(38)36(24)20-22-17-18-27(31-19-22)25-14-10-11-15-26(25)29-32-34-35-33-29/h10-11,14-15,17-19,21,23,28H,3-9,12-13,16,20H2,1-2H3,(H,32,33,34,35). The fourth-order valence-corrected chi connectivity index (χ4v) is 5.93. The Labute approximate surface area is 224 Å². The normalized spacial score (nSPS) is 18.3. The average Bonchev–Trinajstić information content (AvgIpc) is 3.57. The van der Waals surface area contributed by atoms with Gasteiger partial charge in [0.2, 0.25) is 5.82 Å². The maximum absolute atomic E-state index is 13.9. The summed E-state index contributed by atoms with van der Waals surface area (Å²) in [6, 6.07) is 12.3. The molecule has 200 valence electrons. The third kappa shape index (κ3) is 5.64. The summed E-state index contributed by atoms with van der Waals surface area (Å²) in [7, 11) is 0. The molecular formula is C30H39N7O. The second-order valence-electron chi connectivity index (χ2n) is 10.6. The number of tetrazole rings is 1. The Bertz CT molecular complexity index is 1350. The summed E-state index contributed by atoms with van der Waals surface area (Å²) in [5, 5.41) is 14.5. The smallest absolute Gasteiger partial charge is 0.296 e. The number of nitrogens with one attached hydrogen (secondary N) is 1. The van der Waals surface area contributed by atoms with Crippen molar-refractivity contribution in [3.8, 4) is 22.6 Å². The Morgan fingerprint density at radius 2 is 1.82 bits per heavy atom. The fraction of sp³-hybridized carbons (Fsp3) is 0.500. The van der Waals surface area contributed by atoms with Crippen molar-refractivity contribution in [3.63, 3.8) is 0 Å². The van der Waals surface area contributed by atoms with Crippen LogP contribution >= 0.6 is 0 Å². The van der Waals surface area contributed by atoms with E-state index in [4.69, 9.17) is 4.98 Å². The third-order valence-electron chi connectivity index (χ3n) is 8.08. The quantitative estimate of drug-likeness (QED) is 0.287. The van der Waals surface area contributed by atoms with Crippen molar-refractivity contribution >= 4 is 0 Å². The van der Waals surface area contributed by atoms with Crippen molar-refractivity contribution in [2.45, 2.75) is 90.6 Å². The van der Waals surface area contributed by atoms with Gasteiger partial charge in [0.05, 0.1) is 12.2 Å². The lowest BCUT2D eigenvalue weighted by Gasteiger charge is -2.29. The molecule has 1 saturated carbocycles. The highest BCUT2D eigenvalue weighted by Crippen LogP contribution is 2.33. The predicted molar refractivity (Wildman–Crippen MR) is 150 cm³/mol. The number of aromatic amines is 1. The SMILES string of the molecule is CCCCc1cn(C2CCCCCCC2CC)c(=O)n1Cc1ccc(-c2ccccc2-c2nn[nH]n2)nc1. The molecule has 1 aliphatic rings. The van der Waals surface area contributed by atoms with Gasteiger partial charge in [0.1, 0.15) is 0 Å². The van der Waals surface area contributed by atoms with Gasteiger partial charge in [0, 0.05) is 35.3 Å². The number of H-pyrrole nitrogens is 1. The number of aromatic nitrogens is 7. The molecule has 1 aliphatic carbocycles. The molecule has 3 heterocycles. The molecule has 0 aliphatic heterocycles. The first-order chi connectivity index (χ1) is 18.7. The van der Waals surface area contributed by atoms with Crippen LogP contribution in [0.3, 0.4) is 0 Å². The maximum Gasteiger partial charge on any atom is 0.328 e.